The maximum Gasteiger partial charge on any atom is 0.254 e. The molecule has 25 heavy (non-hydrogen) atoms. The molecule has 1 fully saturated rings. The van der Waals surface area contributed by atoms with Gasteiger partial charge in [-0.05, 0) is 55.5 Å². The van der Waals surface area contributed by atoms with Gasteiger partial charge in [0.1, 0.15) is 10.8 Å². The van der Waals surface area contributed by atoms with E-state index >= 15 is 0 Å². The number of nitrogens with zero attached hydrogens (tertiary/aromatic N) is 2. The van der Waals surface area contributed by atoms with Crippen LogP contribution >= 0.6 is 11.8 Å². The van der Waals surface area contributed by atoms with E-state index in [0.717, 1.165) is 43.1 Å². The second-order valence-electron chi connectivity index (χ2n) is 6.28. The second-order valence-corrected chi connectivity index (χ2v) is 7.07. The molecule has 3 rings (SSSR count). The van der Waals surface area contributed by atoms with Crippen molar-refractivity contribution >= 4 is 17.7 Å². The van der Waals surface area contributed by atoms with Crippen LogP contribution in [0.15, 0.2) is 47.6 Å². The van der Waals surface area contributed by atoms with Crippen molar-refractivity contribution in [1.29, 1.82) is 0 Å². The van der Waals surface area contributed by atoms with Crippen molar-refractivity contribution in [2.45, 2.75) is 30.5 Å². The Balaban J connectivity index is 1.60. The number of benzene rings is 1. The van der Waals surface area contributed by atoms with Crippen LogP contribution in [0.1, 0.15) is 28.8 Å². The standard InChI is InChI=1S/C19H23N3O2S/c1-25-19-17(8-3-9-20-19)18(24)21-15-6-4-10-22(13-15)12-14-5-2-7-16(23)11-14/h2-3,5,7-9,11,15,23H,4,6,10,12-13H2,1H3,(H,21,24). The third-order valence-corrected chi connectivity index (χ3v) is 5.08. The Morgan fingerprint density at radius 2 is 2.28 bits per heavy atom. The Morgan fingerprint density at radius 3 is 3.08 bits per heavy atom. The van der Waals surface area contributed by atoms with Crippen LogP contribution in [0.4, 0.5) is 0 Å². The van der Waals surface area contributed by atoms with Gasteiger partial charge < -0.3 is 10.4 Å². The van der Waals surface area contributed by atoms with Crippen molar-refractivity contribution in [2.24, 2.45) is 0 Å². The molecule has 0 bridgehead atoms. The number of rotatable bonds is 5. The Morgan fingerprint density at radius 1 is 1.40 bits per heavy atom. The average Bonchev–Trinajstić information content (AvgIpc) is 2.62. The maximum atomic E-state index is 12.6. The van der Waals surface area contributed by atoms with Crippen LogP contribution in [0.3, 0.4) is 0 Å². The highest BCUT2D eigenvalue weighted by Crippen LogP contribution is 2.19. The summed E-state index contributed by atoms with van der Waals surface area (Å²) < 4.78 is 0. The van der Waals surface area contributed by atoms with Crippen LogP contribution in [-0.4, -0.2) is 46.3 Å². The Labute approximate surface area is 152 Å². The number of nitrogens with one attached hydrogen (secondary N) is 1. The Hall–Kier alpha value is -2.05. The van der Waals surface area contributed by atoms with E-state index < -0.39 is 0 Å². The lowest BCUT2D eigenvalue weighted by molar-refractivity contribution is 0.0897. The zero-order valence-corrected chi connectivity index (χ0v) is 15.1. The predicted molar refractivity (Wildman–Crippen MR) is 99.9 cm³/mol. The molecule has 0 radical (unpaired) electrons. The summed E-state index contributed by atoms with van der Waals surface area (Å²) in [6.45, 7) is 2.60. The lowest BCUT2D eigenvalue weighted by Crippen LogP contribution is -2.47. The van der Waals surface area contributed by atoms with Crippen molar-refractivity contribution in [1.82, 2.24) is 15.2 Å². The molecule has 132 valence electrons. The van der Waals surface area contributed by atoms with E-state index in [2.05, 4.69) is 15.2 Å². The second kappa shape index (κ2) is 8.36. The molecular weight excluding hydrogens is 334 g/mol. The van der Waals surface area contributed by atoms with Crippen molar-refractivity contribution in [3.8, 4) is 5.75 Å². The van der Waals surface area contributed by atoms with Gasteiger partial charge in [0.05, 0.1) is 5.56 Å². The minimum Gasteiger partial charge on any atom is -0.508 e. The third-order valence-electron chi connectivity index (χ3n) is 4.37. The minimum absolute atomic E-state index is 0.0540. The number of hydrogen-bond donors (Lipinski definition) is 2. The van der Waals surface area contributed by atoms with Gasteiger partial charge in [-0.3, -0.25) is 9.69 Å². The topological polar surface area (TPSA) is 65.5 Å². The smallest absolute Gasteiger partial charge is 0.254 e. The number of thioether (sulfide) groups is 1. The van der Waals surface area contributed by atoms with E-state index in [1.54, 1.807) is 24.4 Å². The van der Waals surface area contributed by atoms with E-state index in [-0.39, 0.29) is 11.9 Å². The number of pyridine rings is 1. The highest BCUT2D eigenvalue weighted by Gasteiger charge is 2.23. The number of carbonyl (C=O) groups excluding carboxylic acids is 1. The molecule has 1 saturated heterocycles. The fourth-order valence-corrected chi connectivity index (χ4v) is 3.77. The first-order valence-electron chi connectivity index (χ1n) is 8.46. The Kier molecular flexibility index (Phi) is 5.94. The van der Waals surface area contributed by atoms with Crippen molar-refractivity contribution < 1.29 is 9.90 Å². The lowest BCUT2D eigenvalue weighted by atomic mass is 10.0. The number of phenolic OH excluding ortho intramolecular Hbond substituents is 1. The summed E-state index contributed by atoms with van der Waals surface area (Å²) in [7, 11) is 0. The SMILES string of the molecule is CSc1ncccc1C(=O)NC1CCCN(Cc2cccc(O)c2)C1. The molecule has 1 atom stereocenters. The average molecular weight is 357 g/mol. The van der Waals surface area contributed by atoms with Gasteiger partial charge in [0, 0.05) is 25.3 Å². The molecule has 2 heterocycles. The van der Waals surface area contributed by atoms with Crippen molar-refractivity contribution in [3.63, 3.8) is 0 Å². The van der Waals surface area contributed by atoms with Gasteiger partial charge >= 0.3 is 0 Å². The molecule has 0 aliphatic carbocycles. The monoisotopic (exact) mass is 357 g/mol. The quantitative estimate of drug-likeness (QED) is 0.806. The normalized spacial score (nSPS) is 18.0. The fraction of sp³-hybridized carbons (Fsp3) is 0.368. The van der Waals surface area contributed by atoms with Gasteiger partial charge in [0.25, 0.3) is 5.91 Å². The zero-order chi connectivity index (χ0) is 17.6. The summed E-state index contributed by atoms with van der Waals surface area (Å²) >= 11 is 1.48. The number of carbonyl (C=O) groups is 1. The minimum atomic E-state index is -0.0540. The molecule has 6 heteroatoms. The molecule has 0 spiro atoms. The van der Waals surface area contributed by atoms with Gasteiger partial charge in [-0.2, -0.15) is 0 Å². The molecule has 2 aromatic rings. The van der Waals surface area contributed by atoms with Crippen LogP contribution in [0, 0.1) is 0 Å². The van der Waals surface area contributed by atoms with E-state index in [1.165, 1.54) is 11.8 Å². The van der Waals surface area contributed by atoms with Crippen molar-refractivity contribution in [2.75, 3.05) is 19.3 Å². The first-order valence-corrected chi connectivity index (χ1v) is 9.68. The maximum absolute atomic E-state index is 12.6. The van der Waals surface area contributed by atoms with Crippen LogP contribution in [0.2, 0.25) is 0 Å². The molecule has 1 aromatic heterocycles. The summed E-state index contributed by atoms with van der Waals surface area (Å²) in [5, 5.41) is 13.5. The van der Waals surface area contributed by atoms with Crippen LogP contribution < -0.4 is 5.32 Å². The molecule has 1 aliphatic rings. The van der Waals surface area contributed by atoms with Gasteiger partial charge in [0.2, 0.25) is 0 Å². The highest BCUT2D eigenvalue weighted by atomic mass is 32.2. The van der Waals surface area contributed by atoms with Gasteiger partial charge in [-0.25, -0.2) is 4.98 Å². The summed E-state index contributed by atoms with van der Waals surface area (Å²) in [5.41, 5.74) is 1.73. The molecule has 0 saturated carbocycles. The summed E-state index contributed by atoms with van der Waals surface area (Å²) in [5.74, 6) is 0.238. The first-order chi connectivity index (χ1) is 12.2. The largest absolute Gasteiger partial charge is 0.508 e. The number of hydrogen-bond acceptors (Lipinski definition) is 5. The first kappa shape index (κ1) is 17.8. The number of aromatic hydroxyl groups is 1. The van der Waals surface area contributed by atoms with E-state index in [1.807, 2.05) is 24.5 Å². The number of amides is 1. The van der Waals surface area contributed by atoms with Gasteiger partial charge in [-0.1, -0.05) is 12.1 Å². The Bertz CT molecular complexity index is 738. The van der Waals surface area contributed by atoms with Crippen molar-refractivity contribution in [3.05, 3.63) is 53.7 Å². The molecular formula is C19H23N3O2S. The fourth-order valence-electron chi connectivity index (χ4n) is 3.22. The molecule has 1 unspecified atom stereocenters. The summed E-state index contributed by atoms with van der Waals surface area (Å²) in [4.78, 5) is 19.2. The van der Waals surface area contributed by atoms with Gasteiger partial charge in [0.15, 0.2) is 0 Å². The molecule has 1 amide bonds. The van der Waals surface area contributed by atoms with E-state index in [0.29, 0.717) is 11.3 Å². The number of piperidine rings is 1. The molecule has 1 aromatic carbocycles. The number of likely N-dealkylation sites (tertiary alicyclic amines) is 1. The summed E-state index contributed by atoms with van der Waals surface area (Å²) in [6, 6.07) is 11.1. The molecule has 1 aliphatic heterocycles. The number of aromatic nitrogens is 1. The zero-order valence-electron chi connectivity index (χ0n) is 14.3. The van der Waals surface area contributed by atoms with Crippen LogP contribution in [0.5, 0.6) is 5.75 Å². The predicted octanol–water partition coefficient (Wildman–Crippen LogP) is 2.90. The molecule has 2 N–H and O–H groups in total. The highest BCUT2D eigenvalue weighted by molar-refractivity contribution is 7.98. The van der Waals surface area contributed by atoms with E-state index in [9.17, 15) is 9.90 Å². The van der Waals surface area contributed by atoms with Crippen LogP contribution in [-0.2, 0) is 6.54 Å². The lowest BCUT2D eigenvalue weighted by Gasteiger charge is -2.33. The van der Waals surface area contributed by atoms with Gasteiger partial charge in [-0.15, -0.1) is 11.8 Å². The number of phenols is 1. The van der Waals surface area contributed by atoms with Crippen LogP contribution in [0.25, 0.3) is 0 Å². The molecule has 5 nitrogen and oxygen atoms in total. The van der Waals surface area contributed by atoms with E-state index in [4.69, 9.17) is 0 Å². The summed E-state index contributed by atoms with van der Waals surface area (Å²) in [6.07, 6.45) is 5.67. The third kappa shape index (κ3) is 4.74.